The van der Waals surface area contributed by atoms with Gasteiger partial charge in [0.15, 0.2) is 0 Å². The smallest absolute Gasteiger partial charge is 0.0719 e. The maximum absolute atomic E-state index is 5.41. The summed E-state index contributed by atoms with van der Waals surface area (Å²) >= 11 is 0. The molecule has 0 bridgehead atoms. The molecular weight excluding hydrogens is 296 g/mol. The summed E-state index contributed by atoms with van der Waals surface area (Å²) < 4.78 is 5.41. The second kappa shape index (κ2) is 5.84. The van der Waals surface area contributed by atoms with E-state index in [-0.39, 0.29) is 0 Å². The Morgan fingerprint density at radius 3 is 2.46 bits per heavy atom. The van der Waals surface area contributed by atoms with Crippen LogP contribution in [0.1, 0.15) is 28.1 Å². The first-order chi connectivity index (χ1) is 11.7. The van der Waals surface area contributed by atoms with Crippen LogP contribution in [0, 0.1) is 13.8 Å². The van der Waals surface area contributed by atoms with Crippen molar-refractivity contribution in [2.75, 3.05) is 7.11 Å². The quantitative estimate of drug-likeness (QED) is 0.546. The van der Waals surface area contributed by atoms with Gasteiger partial charge in [0, 0.05) is 46.7 Å². The van der Waals surface area contributed by atoms with E-state index in [0.29, 0.717) is 6.61 Å². The SMILES string of the molecule is COCc1cccc2[nH]c(C)c(Cc3cccc4[nH]c(C)cc34)c12. The van der Waals surface area contributed by atoms with Crippen LogP contribution in [0.15, 0.2) is 42.5 Å². The van der Waals surface area contributed by atoms with Crippen molar-refractivity contribution in [3.8, 4) is 0 Å². The van der Waals surface area contributed by atoms with Gasteiger partial charge in [-0.05, 0) is 48.7 Å². The topological polar surface area (TPSA) is 40.8 Å². The van der Waals surface area contributed by atoms with Crippen molar-refractivity contribution in [3.05, 3.63) is 70.5 Å². The summed E-state index contributed by atoms with van der Waals surface area (Å²) in [6, 6.07) is 15.1. The van der Waals surface area contributed by atoms with E-state index in [0.717, 1.165) is 6.42 Å². The van der Waals surface area contributed by atoms with Gasteiger partial charge in [0.1, 0.15) is 0 Å². The Morgan fingerprint density at radius 2 is 1.67 bits per heavy atom. The predicted molar refractivity (Wildman–Crippen MR) is 99.6 cm³/mol. The van der Waals surface area contributed by atoms with E-state index in [2.05, 4.69) is 66.3 Å². The lowest BCUT2D eigenvalue weighted by molar-refractivity contribution is 0.186. The molecule has 0 fully saturated rings. The van der Waals surface area contributed by atoms with Gasteiger partial charge in [0.2, 0.25) is 0 Å². The van der Waals surface area contributed by atoms with Gasteiger partial charge >= 0.3 is 0 Å². The highest BCUT2D eigenvalue weighted by atomic mass is 16.5. The van der Waals surface area contributed by atoms with Crippen molar-refractivity contribution in [1.29, 1.82) is 0 Å². The maximum atomic E-state index is 5.41. The van der Waals surface area contributed by atoms with Crippen LogP contribution in [0.25, 0.3) is 21.8 Å². The molecule has 0 aliphatic carbocycles. The fourth-order valence-electron chi connectivity index (χ4n) is 3.72. The first-order valence-electron chi connectivity index (χ1n) is 8.32. The monoisotopic (exact) mass is 318 g/mol. The van der Waals surface area contributed by atoms with Gasteiger partial charge in [-0.15, -0.1) is 0 Å². The number of nitrogens with one attached hydrogen (secondary N) is 2. The number of aromatic nitrogens is 2. The second-order valence-electron chi connectivity index (χ2n) is 6.51. The van der Waals surface area contributed by atoms with E-state index in [4.69, 9.17) is 4.74 Å². The third-order valence-corrected chi connectivity index (χ3v) is 4.78. The third kappa shape index (κ3) is 2.42. The molecule has 0 amide bonds. The van der Waals surface area contributed by atoms with Crippen LogP contribution in [0.3, 0.4) is 0 Å². The Morgan fingerprint density at radius 1 is 0.917 bits per heavy atom. The van der Waals surface area contributed by atoms with Gasteiger partial charge < -0.3 is 14.7 Å². The van der Waals surface area contributed by atoms with E-state index in [1.54, 1.807) is 7.11 Å². The fraction of sp³-hybridized carbons (Fsp3) is 0.238. The van der Waals surface area contributed by atoms with Gasteiger partial charge in [-0.1, -0.05) is 24.3 Å². The standard InChI is InChI=1S/C21H22N2O/c1-13-10-18-15(6-4-8-19(18)22-13)11-17-14(2)23-20-9-5-7-16(12-24-3)21(17)20/h4-10,22-23H,11-12H2,1-3H3. The van der Waals surface area contributed by atoms with Crippen molar-refractivity contribution in [3.63, 3.8) is 0 Å². The van der Waals surface area contributed by atoms with Gasteiger partial charge in [-0.25, -0.2) is 0 Å². The molecule has 3 nitrogen and oxygen atoms in total. The molecule has 24 heavy (non-hydrogen) atoms. The van der Waals surface area contributed by atoms with Crippen LogP contribution in [-0.4, -0.2) is 17.1 Å². The van der Waals surface area contributed by atoms with Gasteiger partial charge in [0.25, 0.3) is 0 Å². The first kappa shape index (κ1) is 15.0. The highest BCUT2D eigenvalue weighted by Gasteiger charge is 2.14. The van der Waals surface area contributed by atoms with E-state index >= 15 is 0 Å². The summed E-state index contributed by atoms with van der Waals surface area (Å²) in [6.45, 7) is 4.90. The van der Waals surface area contributed by atoms with Gasteiger partial charge in [-0.3, -0.25) is 0 Å². The third-order valence-electron chi connectivity index (χ3n) is 4.78. The molecule has 0 spiro atoms. The Balaban J connectivity index is 1.88. The van der Waals surface area contributed by atoms with Crippen molar-refractivity contribution < 1.29 is 4.74 Å². The van der Waals surface area contributed by atoms with E-state index in [1.807, 2.05) is 0 Å². The number of ether oxygens (including phenoxy) is 1. The normalized spacial score (nSPS) is 11.6. The van der Waals surface area contributed by atoms with Crippen molar-refractivity contribution in [1.82, 2.24) is 9.97 Å². The van der Waals surface area contributed by atoms with E-state index < -0.39 is 0 Å². The lowest BCUT2D eigenvalue weighted by Gasteiger charge is -2.08. The Kier molecular flexibility index (Phi) is 3.66. The van der Waals surface area contributed by atoms with Crippen LogP contribution >= 0.6 is 0 Å². The number of benzene rings is 2. The molecule has 0 unspecified atom stereocenters. The summed E-state index contributed by atoms with van der Waals surface area (Å²) in [5, 5.41) is 2.62. The molecule has 0 saturated heterocycles. The Hall–Kier alpha value is -2.52. The molecule has 3 heteroatoms. The van der Waals surface area contributed by atoms with Crippen LogP contribution in [-0.2, 0) is 17.8 Å². The van der Waals surface area contributed by atoms with Crippen molar-refractivity contribution in [2.24, 2.45) is 0 Å². The number of aromatic amines is 2. The van der Waals surface area contributed by atoms with Crippen LogP contribution < -0.4 is 0 Å². The predicted octanol–water partition coefficient (Wildman–Crippen LogP) is 5.00. The minimum Gasteiger partial charge on any atom is -0.380 e. The Labute approximate surface area is 141 Å². The molecular formula is C21H22N2O. The summed E-state index contributed by atoms with van der Waals surface area (Å²) in [4.78, 5) is 6.97. The first-order valence-corrected chi connectivity index (χ1v) is 8.32. The molecule has 122 valence electrons. The van der Waals surface area contributed by atoms with Gasteiger partial charge in [-0.2, -0.15) is 0 Å². The highest BCUT2D eigenvalue weighted by molar-refractivity contribution is 5.90. The summed E-state index contributed by atoms with van der Waals surface area (Å²) in [7, 11) is 1.75. The summed E-state index contributed by atoms with van der Waals surface area (Å²) in [6.07, 6.45) is 0.918. The average molecular weight is 318 g/mol. The number of hydrogen-bond donors (Lipinski definition) is 2. The molecule has 4 rings (SSSR count). The Bertz CT molecular complexity index is 1020. The number of hydrogen-bond acceptors (Lipinski definition) is 1. The van der Waals surface area contributed by atoms with Crippen LogP contribution in [0.4, 0.5) is 0 Å². The second-order valence-corrected chi connectivity index (χ2v) is 6.51. The minimum atomic E-state index is 0.634. The molecule has 0 saturated carbocycles. The summed E-state index contributed by atoms with van der Waals surface area (Å²) in [5.74, 6) is 0. The average Bonchev–Trinajstić information content (AvgIpc) is 3.08. The molecule has 2 N–H and O–H groups in total. The van der Waals surface area contributed by atoms with Crippen LogP contribution in [0.2, 0.25) is 0 Å². The van der Waals surface area contributed by atoms with Gasteiger partial charge in [0.05, 0.1) is 6.61 Å². The number of methoxy groups -OCH3 is 1. The molecule has 2 heterocycles. The number of fused-ring (bicyclic) bond motifs is 2. The zero-order valence-electron chi connectivity index (χ0n) is 14.4. The highest BCUT2D eigenvalue weighted by Crippen LogP contribution is 2.30. The van der Waals surface area contributed by atoms with Crippen molar-refractivity contribution in [2.45, 2.75) is 26.9 Å². The lowest BCUT2D eigenvalue weighted by Crippen LogP contribution is -1.94. The van der Waals surface area contributed by atoms with E-state index in [1.165, 1.54) is 49.9 Å². The summed E-state index contributed by atoms with van der Waals surface area (Å²) in [5.41, 5.74) is 8.80. The molecule has 0 radical (unpaired) electrons. The van der Waals surface area contributed by atoms with Crippen molar-refractivity contribution >= 4 is 21.8 Å². The molecule has 2 aromatic heterocycles. The molecule has 2 aromatic carbocycles. The molecule has 0 aliphatic rings. The number of rotatable bonds is 4. The number of H-pyrrole nitrogens is 2. The zero-order valence-corrected chi connectivity index (χ0v) is 14.4. The zero-order chi connectivity index (χ0) is 16.7. The minimum absolute atomic E-state index is 0.634. The molecule has 4 aromatic rings. The lowest BCUT2D eigenvalue weighted by atomic mass is 9.97. The fourth-order valence-corrected chi connectivity index (χ4v) is 3.72. The largest absolute Gasteiger partial charge is 0.380 e. The van der Waals surface area contributed by atoms with Crippen LogP contribution in [0.5, 0.6) is 0 Å². The van der Waals surface area contributed by atoms with E-state index in [9.17, 15) is 0 Å². The molecule has 0 aliphatic heterocycles. The maximum Gasteiger partial charge on any atom is 0.0719 e. The molecule has 0 atom stereocenters. The number of aryl methyl sites for hydroxylation is 2.